The molecule has 0 aliphatic heterocycles. The Morgan fingerprint density at radius 3 is 2.79 bits per heavy atom. The fourth-order valence-electron chi connectivity index (χ4n) is 2.76. The van der Waals surface area contributed by atoms with Gasteiger partial charge in [0.2, 0.25) is 0 Å². The van der Waals surface area contributed by atoms with Crippen molar-refractivity contribution < 1.29 is 4.74 Å². The molecular weight excluding hydrogens is 234 g/mol. The van der Waals surface area contributed by atoms with Crippen LogP contribution in [0, 0.1) is 17.2 Å². The molecule has 0 spiro atoms. The maximum Gasteiger partial charge on any atom is 0.123 e. The maximum absolute atomic E-state index is 9.23. The minimum absolute atomic E-state index is 0.0544. The number of nitrogens with zero attached hydrogens (tertiary/aromatic N) is 1. The second-order valence-electron chi connectivity index (χ2n) is 5.52. The molecule has 0 heterocycles. The fraction of sp³-hybridized carbons (Fsp3) is 0.588. The second-order valence-corrected chi connectivity index (χ2v) is 5.52. The fourth-order valence-corrected chi connectivity index (χ4v) is 2.76. The first-order valence-corrected chi connectivity index (χ1v) is 7.41. The average molecular weight is 257 g/mol. The first kappa shape index (κ1) is 13.9. The minimum atomic E-state index is 0.0544. The lowest BCUT2D eigenvalue weighted by atomic mass is 9.87. The van der Waals surface area contributed by atoms with Crippen molar-refractivity contribution in [1.29, 1.82) is 5.26 Å². The Morgan fingerprint density at radius 1 is 1.32 bits per heavy atom. The van der Waals surface area contributed by atoms with E-state index in [0.717, 1.165) is 31.4 Å². The molecule has 1 aliphatic carbocycles. The molecule has 0 amide bonds. The molecule has 3 unspecified atom stereocenters. The standard InChI is InChI=1S/C17H23NO/c1-3-13(2)15-9-5-7-11-17(15)19-16-10-6-4-8-14(16)12-18/h5,7,9,11,13-14,16H,3-4,6,8,10H2,1-2H3. The highest BCUT2D eigenvalue weighted by Crippen LogP contribution is 2.33. The van der Waals surface area contributed by atoms with Crippen molar-refractivity contribution in [3.8, 4) is 11.8 Å². The van der Waals surface area contributed by atoms with Crippen molar-refractivity contribution in [2.24, 2.45) is 5.92 Å². The number of nitriles is 1. The van der Waals surface area contributed by atoms with Crippen LogP contribution in [0.25, 0.3) is 0 Å². The molecule has 1 aromatic rings. The summed E-state index contributed by atoms with van der Waals surface area (Å²) in [6, 6.07) is 10.7. The van der Waals surface area contributed by atoms with Crippen LogP contribution < -0.4 is 4.74 Å². The molecule has 102 valence electrons. The van der Waals surface area contributed by atoms with E-state index in [9.17, 15) is 5.26 Å². The van der Waals surface area contributed by atoms with Gasteiger partial charge in [0.1, 0.15) is 11.9 Å². The first-order valence-electron chi connectivity index (χ1n) is 7.41. The first-order chi connectivity index (χ1) is 9.26. The number of ether oxygens (including phenoxy) is 1. The molecular formula is C17H23NO. The molecule has 1 fully saturated rings. The molecule has 1 aliphatic rings. The van der Waals surface area contributed by atoms with Crippen LogP contribution in [0.1, 0.15) is 57.4 Å². The molecule has 0 aromatic heterocycles. The van der Waals surface area contributed by atoms with E-state index in [1.165, 1.54) is 12.0 Å². The summed E-state index contributed by atoms with van der Waals surface area (Å²) >= 11 is 0. The predicted octanol–water partition coefficient (Wildman–Crippen LogP) is 4.66. The van der Waals surface area contributed by atoms with E-state index in [-0.39, 0.29) is 12.0 Å². The maximum atomic E-state index is 9.23. The van der Waals surface area contributed by atoms with Gasteiger partial charge < -0.3 is 4.74 Å². The molecule has 0 bridgehead atoms. The van der Waals surface area contributed by atoms with Crippen molar-refractivity contribution in [2.45, 2.75) is 58.0 Å². The third-order valence-corrected chi connectivity index (χ3v) is 4.21. The monoisotopic (exact) mass is 257 g/mol. The molecule has 1 aromatic carbocycles. The normalized spacial score (nSPS) is 24.5. The molecule has 2 rings (SSSR count). The van der Waals surface area contributed by atoms with Crippen LogP contribution >= 0.6 is 0 Å². The van der Waals surface area contributed by atoms with Gasteiger partial charge in [-0.25, -0.2) is 0 Å². The molecule has 19 heavy (non-hydrogen) atoms. The molecule has 3 atom stereocenters. The van der Waals surface area contributed by atoms with Crippen molar-refractivity contribution >= 4 is 0 Å². The molecule has 0 saturated heterocycles. The van der Waals surface area contributed by atoms with Gasteiger partial charge in [0.25, 0.3) is 0 Å². The molecule has 2 nitrogen and oxygen atoms in total. The van der Waals surface area contributed by atoms with Crippen LogP contribution in [0.5, 0.6) is 5.75 Å². The van der Waals surface area contributed by atoms with Crippen LogP contribution in [-0.4, -0.2) is 6.10 Å². The Balaban J connectivity index is 2.16. The molecule has 0 radical (unpaired) electrons. The van der Waals surface area contributed by atoms with E-state index in [1.54, 1.807) is 0 Å². The van der Waals surface area contributed by atoms with E-state index in [0.29, 0.717) is 5.92 Å². The van der Waals surface area contributed by atoms with Gasteiger partial charge in [-0.05, 0) is 43.2 Å². The Labute approximate surface area is 116 Å². The highest BCUT2D eigenvalue weighted by molar-refractivity contribution is 5.36. The van der Waals surface area contributed by atoms with Crippen LogP contribution in [0.4, 0.5) is 0 Å². The van der Waals surface area contributed by atoms with Crippen LogP contribution in [0.2, 0.25) is 0 Å². The lowest BCUT2D eigenvalue weighted by Gasteiger charge is -2.29. The Bertz CT molecular complexity index is 449. The summed E-state index contributed by atoms with van der Waals surface area (Å²) in [5, 5.41) is 9.23. The predicted molar refractivity (Wildman–Crippen MR) is 77.1 cm³/mol. The summed E-state index contributed by atoms with van der Waals surface area (Å²) in [4.78, 5) is 0. The van der Waals surface area contributed by atoms with Gasteiger partial charge in [-0.1, -0.05) is 38.5 Å². The summed E-state index contributed by atoms with van der Waals surface area (Å²) in [7, 11) is 0. The van der Waals surface area contributed by atoms with E-state index >= 15 is 0 Å². The quantitative estimate of drug-likeness (QED) is 0.785. The van der Waals surface area contributed by atoms with Crippen molar-refractivity contribution in [3.63, 3.8) is 0 Å². The van der Waals surface area contributed by atoms with Gasteiger partial charge in [0, 0.05) is 0 Å². The highest BCUT2D eigenvalue weighted by Gasteiger charge is 2.27. The second kappa shape index (κ2) is 6.61. The van der Waals surface area contributed by atoms with E-state index in [4.69, 9.17) is 4.74 Å². The average Bonchev–Trinajstić information content (AvgIpc) is 2.47. The zero-order valence-corrected chi connectivity index (χ0v) is 11.9. The van der Waals surface area contributed by atoms with Gasteiger partial charge in [-0.3, -0.25) is 0 Å². The van der Waals surface area contributed by atoms with Gasteiger partial charge in [-0.2, -0.15) is 5.26 Å². The van der Waals surface area contributed by atoms with E-state index in [2.05, 4.69) is 32.0 Å². The molecule has 2 heteroatoms. The number of para-hydroxylation sites is 1. The third kappa shape index (κ3) is 3.29. The van der Waals surface area contributed by atoms with Crippen molar-refractivity contribution in [1.82, 2.24) is 0 Å². The Kier molecular flexibility index (Phi) is 4.85. The third-order valence-electron chi connectivity index (χ3n) is 4.21. The minimum Gasteiger partial charge on any atom is -0.489 e. The van der Waals surface area contributed by atoms with E-state index < -0.39 is 0 Å². The van der Waals surface area contributed by atoms with Crippen molar-refractivity contribution in [3.05, 3.63) is 29.8 Å². The number of hydrogen-bond acceptors (Lipinski definition) is 2. The van der Waals surface area contributed by atoms with Gasteiger partial charge in [0.05, 0.1) is 12.0 Å². The number of benzene rings is 1. The largest absolute Gasteiger partial charge is 0.489 e. The molecule has 1 saturated carbocycles. The zero-order chi connectivity index (χ0) is 13.7. The Morgan fingerprint density at radius 2 is 2.05 bits per heavy atom. The van der Waals surface area contributed by atoms with Crippen molar-refractivity contribution in [2.75, 3.05) is 0 Å². The smallest absolute Gasteiger partial charge is 0.123 e. The zero-order valence-electron chi connectivity index (χ0n) is 11.9. The summed E-state index contributed by atoms with van der Waals surface area (Å²) in [6.07, 6.45) is 5.50. The van der Waals surface area contributed by atoms with Gasteiger partial charge in [0.15, 0.2) is 0 Å². The van der Waals surface area contributed by atoms with Gasteiger partial charge >= 0.3 is 0 Å². The summed E-state index contributed by atoms with van der Waals surface area (Å²) in [5.41, 5.74) is 1.27. The summed E-state index contributed by atoms with van der Waals surface area (Å²) < 4.78 is 6.19. The SMILES string of the molecule is CCC(C)c1ccccc1OC1CCCCC1C#N. The lowest BCUT2D eigenvalue weighted by molar-refractivity contribution is 0.118. The molecule has 0 N–H and O–H groups in total. The summed E-state index contributed by atoms with van der Waals surface area (Å²) in [6.45, 7) is 4.42. The van der Waals surface area contributed by atoms with Crippen LogP contribution in [0.3, 0.4) is 0 Å². The number of rotatable bonds is 4. The van der Waals surface area contributed by atoms with Gasteiger partial charge in [-0.15, -0.1) is 0 Å². The van der Waals surface area contributed by atoms with Crippen LogP contribution in [-0.2, 0) is 0 Å². The lowest BCUT2D eigenvalue weighted by Crippen LogP contribution is -2.29. The summed E-state index contributed by atoms with van der Waals surface area (Å²) in [5.74, 6) is 1.53. The highest BCUT2D eigenvalue weighted by atomic mass is 16.5. The Hall–Kier alpha value is -1.49. The topological polar surface area (TPSA) is 33.0 Å². The van der Waals surface area contributed by atoms with Crippen LogP contribution in [0.15, 0.2) is 24.3 Å². The number of hydrogen-bond donors (Lipinski definition) is 0. The van der Waals surface area contributed by atoms with E-state index in [1.807, 2.05) is 12.1 Å².